The number of anilines is 1. The van der Waals surface area contributed by atoms with Crippen LogP contribution in [0.15, 0.2) is 54.6 Å². The molecule has 3 rings (SSSR count). The smallest absolute Gasteiger partial charge is 0.0396 e. The molecular formula is C18H22N2. The van der Waals surface area contributed by atoms with Crippen LogP contribution in [0.4, 0.5) is 5.69 Å². The molecule has 2 heteroatoms. The van der Waals surface area contributed by atoms with Crippen LogP contribution in [-0.2, 0) is 6.42 Å². The van der Waals surface area contributed by atoms with E-state index in [4.69, 9.17) is 0 Å². The predicted octanol–water partition coefficient (Wildman–Crippen LogP) is 3.02. The topological polar surface area (TPSA) is 15.3 Å². The number of rotatable bonds is 3. The van der Waals surface area contributed by atoms with Crippen molar-refractivity contribution in [3.05, 3.63) is 65.7 Å². The zero-order valence-corrected chi connectivity index (χ0v) is 12.0. The van der Waals surface area contributed by atoms with Crippen LogP contribution in [0.3, 0.4) is 0 Å². The molecule has 1 saturated heterocycles. The number of nitrogens with one attached hydrogen (secondary N) is 1. The summed E-state index contributed by atoms with van der Waals surface area (Å²) >= 11 is 0. The third-order valence-electron chi connectivity index (χ3n) is 4.04. The first kappa shape index (κ1) is 13.2. The lowest BCUT2D eigenvalue weighted by atomic mass is 10.0. The lowest BCUT2D eigenvalue weighted by molar-refractivity contribution is 0.454. The second-order valence-electron chi connectivity index (χ2n) is 5.57. The average Bonchev–Trinajstić information content (AvgIpc) is 2.49. The Kier molecular flexibility index (Phi) is 4.03. The number of nitrogens with zero attached hydrogens (tertiary/aromatic N) is 1. The maximum atomic E-state index is 3.65. The third-order valence-corrected chi connectivity index (χ3v) is 4.04. The summed E-state index contributed by atoms with van der Waals surface area (Å²) in [7, 11) is 0. The van der Waals surface area contributed by atoms with Crippen LogP contribution in [0.2, 0.25) is 0 Å². The van der Waals surface area contributed by atoms with E-state index in [1.807, 2.05) is 0 Å². The van der Waals surface area contributed by atoms with Gasteiger partial charge in [-0.1, -0.05) is 48.5 Å². The Bertz CT molecular complexity index is 550. The SMILES string of the molecule is Cc1ccccc1N1CCNC(Cc2ccccc2)C1. The molecule has 2 aromatic rings. The zero-order valence-electron chi connectivity index (χ0n) is 12.0. The van der Waals surface area contributed by atoms with Crippen molar-refractivity contribution in [1.82, 2.24) is 5.32 Å². The van der Waals surface area contributed by atoms with E-state index in [9.17, 15) is 0 Å². The third kappa shape index (κ3) is 3.02. The molecule has 0 radical (unpaired) electrons. The molecule has 1 unspecified atom stereocenters. The molecule has 1 atom stereocenters. The second kappa shape index (κ2) is 6.10. The summed E-state index contributed by atoms with van der Waals surface area (Å²) in [6.07, 6.45) is 1.10. The molecule has 1 heterocycles. The Labute approximate surface area is 121 Å². The fraction of sp³-hybridized carbons (Fsp3) is 0.333. The number of hydrogen-bond acceptors (Lipinski definition) is 2. The summed E-state index contributed by atoms with van der Waals surface area (Å²) in [5, 5.41) is 3.65. The van der Waals surface area contributed by atoms with Crippen molar-refractivity contribution in [3.8, 4) is 0 Å². The van der Waals surface area contributed by atoms with Gasteiger partial charge in [0, 0.05) is 31.4 Å². The van der Waals surface area contributed by atoms with Crippen LogP contribution in [-0.4, -0.2) is 25.7 Å². The second-order valence-corrected chi connectivity index (χ2v) is 5.57. The first-order valence-electron chi connectivity index (χ1n) is 7.41. The molecule has 0 amide bonds. The Morgan fingerprint density at radius 2 is 1.80 bits per heavy atom. The number of hydrogen-bond donors (Lipinski definition) is 1. The highest BCUT2D eigenvalue weighted by atomic mass is 15.2. The first-order valence-corrected chi connectivity index (χ1v) is 7.41. The Balaban J connectivity index is 1.69. The fourth-order valence-electron chi connectivity index (χ4n) is 3.00. The lowest BCUT2D eigenvalue weighted by Gasteiger charge is -2.36. The molecule has 104 valence electrons. The number of piperazine rings is 1. The van der Waals surface area contributed by atoms with E-state index in [2.05, 4.69) is 71.7 Å². The van der Waals surface area contributed by atoms with Crippen molar-refractivity contribution in [2.75, 3.05) is 24.5 Å². The van der Waals surface area contributed by atoms with E-state index in [1.54, 1.807) is 0 Å². The van der Waals surface area contributed by atoms with Gasteiger partial charge in [0.25, 0.3) is 0 Å². The molecule has 0 spiro atoms. The highest BCUT2D eigenvalue weighted by Crippen LogP contribution is 2.21. The number of para-hydroxylation sites is 1. The highest BCUT2D eigenvalue weighted by molar-refractivity contribution is 5.53. The normalized spacial score (nSPS) is 19.1. The molecule has 1 aliphatic rings. The van der Waals surface area contributed by atoms with Crippen LogP contribution >= 0.6 is 0 Å². The molecule has 2 nitrogen and oxygen atoms in total. The van der Waals surface area contributed by atoms with Gasteiger partial charge in [-0.05, 0) is 30.5 Å². The first-order chi connectivity index (χ1) is 9.83. The molecule has 0 saturated carbocycles. The van der Waals surface area contributed by atoms with E-state index < -0.39 is 0 Å². The Morgan fingerprint density at radius 3 is 2.60 bits per heavy atom. The van der Waals surface area contributed by atoms with Gasteiger partial charge in [-0.2, -0.15) is 0 Å². The van der Waals surface area contributed by atoms with Crippen molar-refractivity contribution < 1.29 is 0 Å². The van der Waals surface area contributed by atoms with Gasteiger partial charge in [-0.15, -0.1) is 0 Å². The van der Waals surface area contributed by atoms with Crippen LogP contribution in [0.1, 0.15) is 11.1 Å². The van der Waals surface area contributed by atoms with Crippen molar-refractivity contribution >= 4 is 5.69 Å². The molecule has 20 heavy (non-hydrogen) atoms. The van der Waals surface area contributed by atoms with Gasteiger partial charge in [0.05, 0.1) is 0 Å². The molecule has 1 aliphatic heterocycles. The van der Waals surface area contributed by atoms with Gasteiger partial charge in [0.15, 0.2) is 0 Å². The van der Waals surface area contributed by atoms with Gasteiger partial charge in [-0.25, -0.2) is 0 Å². The Morgan fingerprint density at radius 1 is 1.05 bits per heavy atom. The average molecular weight is 266 g/mol. The number of benzene rings is 2. The van der Waals surface area contributed by atoms with Crippen LogP contribution in [0.25, 0.3) is 0 Å². The van der Waals surface area contributed by atoms with Crippen molar-refractivity contribution in [2.45, 2.75) is 19.4 Å². The summed E-state index contributed by atoms with van der Waals surface area (Å²) in [5.74, 6) is 0. The quantitative estimate of drug-likeness (QED) is 0.918. The minimum Gasteiger partial charge on any atom is -0.368 e. The predicted molar refractivity (Wildman–Crippen MR) is 85.3 cm³/mol. The summed E-state index contributed by atoms with van der Waals surface area (Å²) < 4.78 is 0. The van der Waals surface area contributed by atoms with E-state index in [0.29, 0.717) is 6.04 Å². The summed E-state index contributed by atoms with van der Waals surface area (Å²) in [5.41, 5.74) is 4.16. The van der Waals surface area contributed by atoms with Gasteiger partial charge < -0.3 is 10.2 Å². The maximum absolute atomic E-state index is 3.65. The molecule has 0 aromatic heterocycles. The minimum absolute atomic E-state index is 0.533. The summed E-state index contributed by atoms with van der Waals surface area (Å²) in [4.78, 5) is 2.51. The van der Waals surface area contributed by atoms with Crippen molar-refractivity contribution in [1.29, 1.82) is 0 Å². The lowest BCUT2D eigenvalue weighted by Crippen LogP contribution is -2.51. The minimum atomic E-state index is 0.533. The van der Waals surface area contributed by atoms with E-state index in [-0.39, 0.29) is 0 Å². The van der Waals surface area contributed by atoms with Gasteiger partial charge in [-0.3, -0.25) is 0 Å². The van der Waals surface area contributed by atoms with Gasteiger partial charge in [0.1, 0.15) is 0 Å². The Hall–Kier alpha value is -1.80. The highest BCUT2D eigenvalue weighted by Gasteiger charge is 2.20. The van der Waals surface area contributed by atoms with E-state index in [1.165, 1.54) is 16.8 Å². The van der Waals surface area contributed by atoms with Crippen LogP contribution < -0.4 is 10.2 Å². The molecule has 1 fully saturated rings. The molecule has 1 N–H and O–H groups in total. The van der Waals surface area contributed by atoms with E-state index in [0.717, 1.165) is 26.1 Å². The maximum Gasteiger partial charge on any atom is 0.0396 e. The molecule has 0 aliphatic carbocycles. The van der Waals surface area contributed by atoms with Crippen LogP contribution in [0, 0.1) is 6.92 Å². The summed E-state index contributed by atoms with van der Waals surface area (Å²) in [6.45, 7) is 5.44. The van der Waals surface area contributed by atoms with Crippen LogP contribution in [0.5, 0.6) is 0 Å². The molecular weight excluding hydrogens is 244 g/mol. The number of aryl methyl sites for hydroxylation is 1. The zero-order chi connectivity index (χ0) is 13.8. The molecule has 2 aromatic carbocycles. The summed E-state index contributed by atoms with van der Waals surface area (Å²) in [6, 6.07) is 20.0. The van der Waals surface area contributed by atoms with E-state index >= 15 is 0 Å². The van der Waals surface area contributed by atoms with Gasteiger partial charge >= 0.3 is 0 Å². The fourth-order valence-corrected chi connectivity index (χ4v) is 3.00. The molecule has 0 bridgehead atoms. The van der Waals surface area contributed by atoms with Crippen molar-refractivity contribution in [3.63, 3.8) is 0 Å². The largest absolute Gasteiger partial charge is 0.368 e. The van der Waals surface area contributed by atoms with Gasteiger partial charge in [0.2, 0.25) is 0 Å². The standard InChI is InChI=1S/C18H22N2/c1-15-7-5-6-10-18(15)20-12-11-19-17(14-20)13-16-8-3-2-4-9-16/h2-10,17,19H,11-14H2,1H3. The monoisotopic (exact) mass is 266 g/mol. The van der Waals surface area contributed by atoms with Crippen molar-refractivity contribution in [2.24, 2.45) is 0 Å².